The summed E-state index contributed by atoms with van der Waals surface area (Å²) in [6.07, 6.45) is 8.32. The van der Waals surface area contributed by atoms with Crippen molar-refractivity contribution in [1.29, 1.82) is 0 Å². The lowest BCUT2D eigenvalue weighted by Crippen LogP contribution is -2.16. The second kappa shape index (κ2) is 14.1. The molecule has 4 aromatic rings. The van der Waals surface area contributed by atoms with Crippen LogP contribution in [0.1, 0.15) is 25.0 Å². The van der Waals surface area contributed by atoms with E-state index in [4.69, 9.17) is 0 Å². The smallest absolute Gasteiger partial charge is 0.294 e. The van der Waals surface area contributed by atoms with Crippen LogP contribution in [0.2, 0.25) is 0 Å². The van der Waals surface area contributed by atoms with Crippen LogP contribution in [0.4, 0.5) is 22.7 Å². The molecule has 0 atom stereocenters. The van der Waals surface area contributed by atoms with Crippen molar-refractivity contribution in [2.24, 2.45) is 0 Å². The molecule has 11 heteroatoms. The normalized spacial score (nSPS) is 13.0. The van der Waals surface area contributed by atoms with Gasteiger partial charge in [-0.1, -0.05) is 36.4 Å². The zero-order valence-corrected chi connectivity index (χ0v) is 28.8. The monoisotopic (exact) mass is 684 g/mol. The lowest BCUT2D eigenvalue weighted by atomic mass is 9.90. The van der Waals surface area contributed by atoms with Crippen LogP contribution in [-0.2, 0) is 20.2 Å². The zero-order chi connectivity index (χ0) is 34.6. The third kappa shape index (κ3) is 7.66. The van der Waals surface area contributed by atoms with Gasteiger partial charge in [0.05, 0.1) is 9.79 Å². The van der Waals surface area contributed by atoms with Gasteiger partial charge in [-0.15, -0.1) is 0 Å². The molecule has 0 bridgehead atoms. The molecule has 5 rings (SSSR count). The molecule has 1 aliphatic carbocycles. The lowest BCUT2D eigenvalue weighted by molar-refractivity contribution is -0.462. The van der Waals surface area contributed by atoms with E-state index in [0.717, 1.165) is 39.4 Å². The highest BCUT2D eigenvalue weighted by Crippen LogP contribution is 2.35. The molecule has 0 radical (unpaired) electrons. The number of hydrogen-bond donors (Lipinski definition) is 2. The molecule has 0 fully saturated rings. The van der Waals surface area contributed by atoms with Crippen molar-refractivity contribution in [2.45, 2.75) is 23.6 Å². The Balaban J connectivity index is 1.54. The number of rotatable bonds is 10. The summed E-state index contributed by atoms with van der Waals surface area (Å²) in [4.78, 5) is 3.61. The van der Waals surface area contributed by atoms with E-state index in [2.05, 4.69) is 24.3 Å². The molecule has 0 heterocycles. The van der Waals surface area contributed by atoms with E-state index in [1.165, 1.54) is 24.3 Å². The van der Waals surface area contributed by atoms with Gasteiger partial charge >= 0.3 is 0 Å². The van der Waals surface area contributed by atoms with E-state index in [0.29, 0.717) is 24.5 Å². The molecule has 0 aromatic heterocycles. The van der Waals surface area contributed by atoms with E-state index in [-0.39, 0.29) is 9.79 Å². The third-order valence-electron chi connectivity index (χ3n) is 8.09. The van der Waals surface area contributed by atoms with Crippen LogP contribution in [0.3, 0.4) is 0 Å². The first-order valence-corrected chi connectivity index (χ1v) is 18.2. The maximum absolute atomic E-state index is 11.8. The van der Waals surface area contributed by atoms with Gasteiger partial charge in [0.1, 0.15) is 14.1 Å². The quantitative estimate of drug-likeness (QED) is 0.134. The molecule has 0 spiro atoms. The predicted octanol–water partition coefficient (Wildman–Crippen LogP) is 7.14. The predicted molar refractivity (Wildman–Crippen MR) is 192 cm³/mol. The van der Waals surface area contributed by atoms with E-state index >= 15 is 0 Å². The summed E-state index contributed by atoms with van der Waals surface area (Å²) >= 11 is 0. The van der Waals surface area contributed by atoms with Gasteiger partial charge in [-0.25, -0.2) is 4.58 Å². The summed E-state index contributed by atoms with van der Waals surface area (Å²) in [7, 11) is -4.70. The number of nitrogens with zero attached hydrogens (tertiary/aromatic N) is 3. The SMILES string of the molecule is CCN(c1ccc(C(=C2C=CC(=[N+](C)C)C=C2)c2ccc(N(CC)c3cccc(S(=O)(=O)O)c3)cc2)cc1)c1cccc(S(=O)(=O)O)c1. The van der Waals surface area contributed by atoms with Gasteiger partial charge in [0.25, 0.3) is 20.2 Å². The van der Waals surface area contributed by atoms with Gasteiger partial charge in [-0.05, 0) is 109 Å². The van der Waals surface area contributed by atoms with Crippen molar-refractivity contribution < 1.29 is 30.5 Å². The van der Waals surface area contributed by atoms with Crippen LogP contribution in [0.15, 0.2) is 137 Å². The van der Waals surface area contributed by atoms with Gasteiger partial charge in [-0.3, -0.25) is 9.11 Å². The third-order valence-corrected chi connectivity index (χ3v) is 9.79. The molecule has 0 aliphatic heterocycles. The molecule has 0 unspecified atom stereocenters. The summed E-state index contributed by atoms with van der Waals surface area (Å²) in [5.41, 5.74) is 8.03. The van der Waals surface area contributed by atoms with Crippen molar-refractivity contribution in [2.75, 3.05) is 37.0 Å². The summed E-state index contributed by atoms with van der Waals surface area (Å²) in [5.74, 6) is 0. The summed E-state index contributed by atoms with van der Waals surface area (Å²) in [6.45, 7) is 5.08. The van der Waals surface area contributed by atoms with Crippen LogP contribution < -0.4 is 9.80 Å². The lowest BCUT2D eigenvalue weighted by Gasteiger charge is -2.25. The van der Waals surface area contributed by atoms with Gasteiger partial charge < -0.3 is 9.80 Å². The van der Waals surface area contributed by atoms with Crippen LogP contribution in [0.5, 0.6) is 0 Å². The van der Waals surface area contributed by atoms with Gasteiger partial charge in [-0.2, -0.15) is 16.8 Å². The standard InChI is InChI=1S/C37H37N3O6S2/c1-5-39(33-9-7-11-35(25-33)47(41,42)43)31-21-15-28(16-22-31)37(27-13-19-30(20-14-27)38(3)4)29-17-23-32(24-18-29)40(6-2)34-10-8-12-36(26-34)48(44,45)46/h7-26H,5-6H2,1-4H3,(H-,41,42,43,44,45,46)/p+1. The van der Waals surface area contributed by atoms with E-state index in [9.17, 15) is 25.9 Å². The number of benzene rings is 4. The van der Waals surface area contributed by atoms with Crippen LogP contribution in [0.25, 0.3) is 5.57 Å². The largest absolute Gasteiger partial charge is 0.342 e. The Hall–Kier alpha value is -4.81. The summed E-state index contributed by atoms with van der Waals surface area (Å²) < 4.78 is 68.3. The van der Waals surface area contributed by atoms with Crippen molar-refractivity contribution in [1.82, 2.24) is 0 Å². The van der Waals surface area contributed by atoms with Crippen LogP contribution in [-0.4, -0.2) is 63.4 Å². The molecule has 0 amide bonds. The molecule has 2 N–H and O–H groups in total. The molecule has 4 aromatic carbocycles. The highest BCUT2D eigenvalue weighted by molar-refractivity contribution is 7.86. The Morgan fingerprint density at radius 1 is 0.583 bits per heavy atom. The summed E-state index contributed by atoms with van der Waals surface area (Å²) in [6, 6.07) is 28.5. The minimum absolute atomic E-state index is 0.164. The minimum Gasteiger partial charge on any atom is -0.342 e. The fourth-order valence-electron chi connectivity index (χ4n) is 5.69. The Bertz CT molecular complexity index is 2020. The number of allylic oxidation sites excluding steroid dienone is 5. The molecule has 0 saturated carbocycles. The first kappa shape index (κ1) is 34.5. The topological polar surface area (TPSA) is 118 Å². The maximum Gasteiger partial charge on any atom is 0.294 e. The highest BCUT2D eigenvalue weighted by atomic mass is 32.2. The summed E-state index contributed by atoms with van der Waals surface area (Å²) in [5, 5.41) is 0. The first-order valence-electron chi connectivity index (χ1n) is 15.4. The molecule has 48 heavy (non-hydrogen) atoms. The molecular weight excluding hydrogens is 647 g/mol. The maximum atomic E-state index is 11.8. The fourth-order valence-corrected chi connectivity index (χ4v) is 6.73. The zero-order valence-electron chi connectivity index (χ0n) is 27.1. The van der Waals surface area contributed by atoms with Crippen LogP contribution >= 0.6 is 0 Å². The van der Waals surface area contributed by atoms with Crippen molar-refractivity contribution >= 4 is 54.3 Å². The first-order chi connectivity index (χ1) is 22.8. The molecule has 9 nitrogen and oxygen atoms in total. The Labute approximate surface area is 282 Å². The Morgan fingerprint density at radius 2 is 0.979 bits per heavy atom. The highest BCUT2D eigenvalue weighted by Gasteiger charge is 2.18. The molecule has 0 saturated heterocycles. The van der Waals surface area contributed by atoms with Crippen molar-refractivity contribution in [3.05, 3.63) is 138 Å². The fraction of sp³-hybridized carbons (Fsp3) is 0.162. The van der Waals surface area contributed by atoms with Gasteiger partial charge in [0.15, 0.2) is 5.71 Å². The van der Waals surface area contributed by atoms with Crippen LogP contribution in [0, 0.1) is 0 Å². The van der Waals surface area contributed by atoms with Crippen molar-refractivity contribution in [3.8, 4) is 0 Å². The van der Waals surface area contributed by atoms with Gasteiger partial charge in [0.2, 0.25) is 0 Å². The second-order valence-corrected chi connectivity index (χ2v) is 14.2. The minimum atomic E-state index is -4.34. The molecule has 1 aliphatic rings. The Morgan fingerprint density at radius 3 is 1.31 bits per heavy atom. The van der Waals surface area contributed by atoms with E-state index in [1.807, 2.05) is 90.8 Å². The Kier molecular flexibility index (Phi) is 10.2. The van der Waals surface area contributed by atoms with Gasteiger partial charge in [0, 0.05) is 48.0 Å². The second-order valence-electron chi connectivity index (χ2n) is 11.3. The number of hydrogen-bond acceptors (Lipinski definition) is 6. The van der Waals surface area contributed by atoms with E-state index < -0.39 is 20.2 Å². The molecular formula is C37H38N3O6S2+. The van der Waals surface area contributed by atoms with Crippen molar-refractivity contribution in [3.63, 3.8) is 0 Å². The molecule has 248 valence electrons. The average molecular weight is 685 g/mol. The average Bonchev–Trinajstić information content (AvgIpc) is 3.07. The van der Waals surface area contributed by atoms with E-state index in [1.54, 1.807) is 24.3 Å². The number of anilines is 4.